The van der Waals surface area contributed by atoms with E-state index in [0.717, 1.165) is 24.0 Å². The Morgan fingerprint density at radius 2 is 1.94 bits per heavy atom. The Balaban J connectivity index is 0.00000480. The van der Waals surface area contributed by atoms with E-state index in [1.165, 1.54) is 0 Å². The molecule has 0 aromatic carbocycles. The average Bonchev–Trinajstić information content (AvgIpc) is 2.71. The van der Waals surface area contributed by atoms with E-state index in [2.05, 4.69) is 15.2 Å². The van der Waals surface area contributed by atoms with Crippen molar-refractivity contribution in [2.45, 2.75) is 33.4 Å². The van der Waals surface area contributed by atoms with E-state index in [9.17, 15) is 8.42 Å². The number of halogens is 1. The number of sulfonamides is 1. The normalized spacial score (nSPS) is 15.7. The molecule has 1 fully saturated rings. The molecule has 0 atom stereocenters. The Morgan fingerprint density at radius 1 is 1.26 bits per heavy atom. The molecule has 2 rings (SSSR count). The summed E-state index contributed by atoms with van der Waals surface area (Å²) in [4.78, 5) is 13.4. The highest BCUT2D eigenvalue weighted by Crippen LogP contribution is 2.11. The fourth-order valence-corrected chi connectivity index (χ4v) is 4.37. The van der Waals surface area contributed by atoms with Gasteiger partial charge in [0, 0.05) is 46.8 Å². The summed E-state index contributed by atoms with van der Waals surface area (Å²) in [5, 5.41) is 3.31. The molecule has 1 aliphatic heterocycles. The molecule has 0 aliphatic carbocycles. The lowest BCUT2D eigenvalue weighted by Gasteiger charge is -2.35. The number of piperazine rings is 1. The molecule has 1 aliphatic rings. The van der Waals surface area contributed by atoms with Crippen LogP contribution in [0.5, 0.6) is 0 Å². The third-order valence-electron chi connectivity index (χ3n) is 4.70. The predicted molar refractivity (Wildman–Crippen MR) is 137 cm³/mol. The molecule has 0 bridgehead atoms. The molecule has 0 spiro atoms. The average molecular weight is 569 g/mol. The first-order valence-corrected chi connectivity index (χ1v) is 12.1. The van der Waals surface area contributed by atoms with Crippen molar-refractivity contribution in [3.05, 3.63) is 23.9 Å². The molecule has 31 heavy (non-hydrogen) atoms. The Kier molecular flexibility index (Phi) is 12.0. The van der Waals surface area contributed by atoms with E-state index in [4.69, 9.17) is 9.73 Å². The van der Waals surface area contributed by atoms with Gasteiger partial charge in [0.15, 0.2) is 5.96 Å². The minimum Gasteiger partial charge on any atom is -0.378 e. The summed E-state index contributed by atoms with van der Waals surface area (Å²) in [6.07, 6.45) is 0.0313. The Hall–Kier alpha value is -1.18. The van der Waals surface area contributed by atoms with Gasteiger partial charge in [-0.2, -0.15) is 4.31 Å². The Bertz CT molecular complexity index is 796. The lowest BCUT2D eigenvalue weighted by Crippen LogP contribution is -2.54. The zero-order chi connectivity index (χ0) is 22.1. The number of nitrogens with zero attached hydrogens (tertiary/aromatic N) is 5. The second-order valence-corrected chi connectivity index (χ2v) is 9.76. The summed E-state index contributed by atoms with van der Waals surface area (Å²) < 4.78 is 32.0. The molecule has 0 saturated carbocycles. The minimum atomic E-state index is -3.30. The number of hydrogen-bond donors (Lipinski definition) is 1. The Morgan fingerprint density at radius 3 is 2.52 bits per heavy atom. The van der Waals surface area contributed by atoms with Crippen molar-refractivity contribution >= 4 is 45.8 Å². The monoisotopic (exact) mass is 568 g/mol. The van der Waals surface area contributed by atoms with Gasteiger partial charge in [-0.25, -0.2) is 18.4 Å². The van der Waals surface area contributed by atoms with Crippen LogP contribution in [0.25, 0.3) is 0 Å². The summed E-state index contributed by atoms with van der Waals surface area (Å²) in [6.45, 7) is 9.36. The standard InChI is InChI=1S/C20H36N6O3S.HI/c1-6-21-20(22-16-18-8-7-9-19(23-18)24(4)5)25-10-12-26(13-11-25)30(27,28)15-14-29-17(2)3;/h7-9,17H,6,10-16H2,1-5H3,(H,21,22);1H. The number of anilines is 1. The molecular weight excluding hydrogens is 531 g/mol. The fourth-order valence-electron chi connectivity index (χ4n) is 3.08. The summed E-state index contributed by atoms with van der Waals surface area (Å²) >= 11 is 0. The van der Waals surface area contributed by atoms with Gasteiger partial charge in [-0.05, 0) is 32.9 Å². The molecule has 0 unspecified atom stereocenters. The number of guanidine groups is 1. The van der Waals surface area contributed by atoms with Gasteiger partial charge >= 0.3 is 0 Å². The highest BCUT2D eigenvalue weighted by molar-refractivity contribution is 14.0. The van der Waals surface area contributed by atoms with Gasteiger partial charge in [0.1, 0.15) is 5.82 Å². The van der Waals surface area contributed by atoms with Crippen LogP contribution in [0.2, 0.25) is 0 Å². The van der Waals surface area contributed by atoms with Crippen LogP contribution in [0, 0.1) is 0 Å². The molecule has 11 heteroatoms. The molecule has 0 radical (unpaired) electrons. The summed E-state index contributed by atoms with van der Waals surface area (Å²) in [5.74, 6) is 1.70. The summed E-state index contributed by atoms with van der Waals surface area (Å²) in [6, 6.07) is 5.90. The molecular formula is C20H37IN6O3S. The summed E-state index contributed by atoms with van der Waals surface area (Å²) in [7, 11) is 0.619. The number of aromatic nitrogens is 1. The largest absolute Gasteiger partial charge is 0.378 e. The van der Waals surface area contributed by atoms with Gasteiger partial charge in [-0.15, -0.1) is 24.0 Å². The number of aliphatic imine (C=N–C) groups is 1. The maximum Gasteiger partial charge on any atom is 0.216 e. The third kappa shape index (κ3) is 9.07. The highest BCUT2D eigenvalue weighted by Gasteiger charge is 2.28. The van der Waals surface area contributed by atoms with E-state index in [1.807, 2.05) is 58.0 Å². The fraction of sp³-hybridized carbons (Fsp3) is 0.700. The first kappa shape index (κ1) is 27.9. The topological polar surface area (TPSA) is 90.4 Å². The Labute approximate surface area is 204 Å². The van der Waals surface area contributed by atoms with E-state index in [-0.39, 0.29) is 42.4 Å². The molecule has 2 heterocycles. The van der Waals surface area contributed by atoms with Crippen LogP contribution in [0.3, 0.4) is 0 Å². The molecule has 1 aromatic heterocycles. The van der Waals surface area contributed by atoms with Gasteiger partial charge in [-0.1, -0.05) is 6.07 Å². The molecule has 1 saturated heterocycles. The second kappa shape index (κ2) is 13.4. The number of nitrogens with one attached hydrogen (secondary N) is 1. The van der Waals surface area contributed by atoms with Gasteiger partial charge in [-0.3, -0.25) is 0 Å². The molecule has 1 aromatic rings. The van der Waals surface area contributed by atoms with Crippen LogP contribution >= 0.6 is 24.0 Å². The molecule has 178 valence electrons. The highest BCUT2D eigenvalue weighted by atomic mass is 127. The van der Waals surface area contributed by atoms with Crippen molar-refractivity contribution in [3.8, 4) is 0 Å². The van der Waals surface area contributed by atoms with Crippen molar-refractivity contribution in [3.63, 3.8) is 0 Å². The van der Waals surface area contributed by atoms with Crippen LogP contribution in [-0.2, 0) is 21.3 Å². The van der Waals surface area contributed by atoms with E-state index >= 15 is 0 Å². The number of ether oxygens (including phenoxy) is 1. The smallest absolute Gasteiger partial charge is 0.216 e. The van der Waals surface area contributed by atoms with Crippen molar-refractivity contribution < 1.29 is 13.2 Å². The SMILES string of the molecule is CCNC(=NCc1cccc(N(C)C)n1)N1CCN(S(=O)(=O)CCOC(C)C)CC1.I. The van der Waals surface area contributed by atoms with Crippen LogP contribution in [0.4, 0.5) is 5.82 Å². The molecule has 1 N–H and O–H groups in total. The van der Waals surface area contributed by atoms with Crippen LogP contribution in [0.15, 0.2) is 23.2 Å². The number of pyridine rings is 1. The zero-order valence-corrected chi connectivity index (χ0v) is 22.4. The number of rotatable bonds is 9. The van der Waals surface area contributed by atoms with Crippen LogP contribution in [0.1, 0.15) is 26.5 Å². The minimum absolute atomic E-state index is 0. The van der Waals surface area contributed by atoms with Gasteiger partial charge in [0.25, 0.3) is 0 Å². The molecule has 9 nitrogen and oxygen atoms in total. The lowest BCUT2D eigenvalue weighted by molar-refractivity contribution is 0.0904. The van der Waals surface area contributed by atoms with Gasteiger partial charge in [0.05, 0.1) is 30.7 Å². The quantitative estimate of drug-likeness (QED) is 0.275. The van der Waals surface area contributed by atoms with E-state index in [1.54, 1.807) is 4.31 Å². The van der Waals surface area contributed by atoms with Crippen LogP contribution < -0.4 is 10.2 Å². The summed E-state index contributed by atoms with van der Waals surface area (Å²) in [5.41, 5.74) is 0.892. The van der Waals surface area contributed by atoms with E-state index < -0.39 is 10.0 Å². The van der Waals surface area contributed by atoms with Crippen molar-refractivity contribution in [2.24, 2.45) is 4.99 Å². The first-order valence-electron chi connectivity index (χ1n) is 10.5. The maximum atomic E-state index is 12.5. The van der Waals surface area contributed by atoms with Crippen molar-refractivity contribution in [1.82, 2.24) is 19.5 Å². The van der Waals surface area contributed by atoms with Crippen LogP contribution in [-0.4, -0.2) is 93.8 Å². The maximum absolute atomic E-state index is 12.5. The first-order chi connectivity index (χ1) is 14.2. The number of hydrogen-bond acceptors (Lipinski definition) is 6. The van der Waals surface area contributed by atoms with Gasteiger partial charge in [0.2, 0.25) is 10.0 Å². The lowest BCUT2D eigenvalue weighted by atomic mass is 10.3. The van der Waals surface area contributed by atoms with Crippen molar-refractivity contribution in [2.75, 3.05) is 64.1 Å². The van der Waals surface area contributed by atoms with Gasteiger partial charge < -0.3 is 19.9 Å². The second-order valence-electron chi connectivity index (χ2n) is 7.67. The zero-order valence-electron chi connectivity index (χ0n) is 19.2. The van der Waals surface area contributed by atoms with E-state index in [0.29, 0.717) is 32.7 Å². The predicted octanol–water partition coefficient (Wildman–Crippen LogP) is 1.60. The third-order valence-corrected chi connectivity index (χ3v) is 6.53. The van der Waals surface area contributed by atoms with Crippen molar-refractivity contribution in [1.29, 1.82) is 0 Å². The molecule has 0 amide bonds.